The van der Waals surface area contributed by atoms with Crippen LogP contribution in [-0.2, 0) is 9.53 Å². The highest BCUT2D eigenvalue weighted by Crippen LogP contribution is 2.24. The lowest BCUT2D eigenvalue weighted by Crippen LogP contribution is -2.38. The zero-order valence-electron chi connectivity index (χ0n) is 12.7. The first kappa shape index (κ1) is 17.7. The first-order valence-corrected chi connectivity index (χ1v) is 7.72. The van der Waals surface area contributed by atoms with Gasteiger partial charge >= 0.3 is 0 Å². The summed E-state index contributed by atoms with van der Waals surface area (Å²) in [4.78, 5) is 12.1. The number of nitrogens with one attached hydrogen (secondary N) is 2. The fourth-order valence-electron chi connectivity index (χ4n) is 3.40. The molecule has 20 heavy (non-hydrogen) atoms. The van der Waals surface area contributed by atoms with Gasteiger partial charge < -0.3 is 15.4 Å². The fraction of sp³-hybridized carbons (Fsp3) is 0.933. The second kappa shape index (κ2) is 8.85. The molecule has 0 radical (unpaired) electrons. The van der Waals surface area contributed by atoms with Crippen LogP contribution in [0.3, 0.4) is 0 Å². The third-order valence-corrected chi connectivity index (χ3v) is 4.73. The van der Waals surface area contributed by atoms with E-state index in [0.29, 0.717) is 30.4 Å². The number of ether oxygens (including phenoxy) is 1. The molecule has 4 atom stereocenters. The molecule has 0 bridgehead atoms. The lowest BCUT2D eigenvalue weighted by atomic mass is 9.85. The van der Waals surface area contributed by atoms with Crippen LogP contribution in [0.25, 0.3) is 0 Å². The van der Waals surface area contributed by atoms with Gasteiger partial charge in [-0.25, -0.2) is 0 Å². The number of amides is 1. The normalized spacial score (nSPS) is 31.4. The third kappa shape index (κ3) is 5.23. The average molecular weight is 305 g/mol. The zero-order valence-corrected chi connectivity index (χ0v) is 13.5. The Kier molecular flexibility index (Phi) is 7.85. The van der Waals surface area contributed by atoms with Crippen molar-refractivity contribution in [2.24, 2.45) is 11.8 Å². The van der Waals surface area contributed by atoms with Gasteiger partial charge in [0, 0.05) is 19.6 Å². The van der Waals surface area contributed by atoms with E-state index in [1.807, 2.05) is 0 Å². The molecular formula is C15H29ClN2O2. The van der Waals surface area contributed by atoms with Crippen molar-refractivity contribution >= 4 is 18.3 Å². The van der Waals surface area contributed by atoms with E-state index in [-0.39, 0.29) is 18.3 Å². The highest BCUT2D eigenvalue weighted by molar-refractivity contribution is 5.85. The van der Waals surface area contributed by atoms with Crippen LogP contribution < -0.4 is 10.6 Å². The Morgan fingerprint density at radius 2 is 2.20 bits per heavy atom. The molecule has 1 aliphatic heterocycles. The minimum absolute atomic E-state index is 0. The number of carbonyl (C=O) groups is 1. The molecule has 118 valence electrons. The highest BCUT2D eigenvalue weighted by Gasteiger charge is 2.27. The molecule has 1 heterocycles. The minimum atomic E-state index is 0. The second-order valence-electron chi connectivity index (χ2n) is 6.22. The van der Waals surface area contributed by atoms with Crippen molar-refractivity contribution in [2.75, 3.05) is 20.2 Å². The molecule has 4 unspecified atom stereocenters. The molecule has 4 nitrogen and oxygen atoms in total. The predicted molar refractivity (Wildman–Crippen MR) is 83.2 cm³/mol. The standard InChI is InChI=1S/C15H28N2O2.ClH/c1-11(12-4-3-7-16-10-12)8-15(18)17-13-5-6-14(9-13)19-2;/h11-14,16H,3-10H2,1-2H3,(H,17,18);1H. The number of rotatable bonds is 5. The summed E-state index contributed by atoms with van der Waals surface area (Å²) < 4.78 is 5.34. The molecule has 1 amide bonds. The summed E-state index contributed by atoms with van der Waals surface area (Å²) in [5.74, 6) is 1.36. The largest absolute Gasteiger partial charge is 0.381 e. The van der Waals surface area contributed by atoms with Crippen LogP contribution in [0.15, 0.2) is 0 Å². The third-order valence-electron chi connectivity index (χ3n) is 4.73. The number of methoxy groups -OCH3 is 1. The van der Waals surface area contributed by atoms with E-state index in [1.54, 1.807) is 7.11 Å². The monoisotopic (exact) mass is 304 g/mol. The minimum Gasteiger partial charge on any atom is -0.381 e. The van der Waals surface area contributed by atoms with Gasteiger partial charge in [0.15, 0.2) is 0 Å². The van der Waals surface area contributed by atoms with Crippen molar-refractivity contribution in [1.82, 2.24) is 10.6 Å². The van der Waals surface area contributed by atoms with E-state index >= 15 is 0 Å². The number of halogens is 1. The topological polar surface area (TPSA) is 50.4 Å². The molecule has 2 rings (SSSR count). The van der Waals surface area contributed by atoms with Crippen molar-refractivity contribution < 1.29 is 9.53 Å². The SMILES string of the molecule is COC1CCC(NC(=O)CC(C)C2CCCNC2)C1.Cl. The van der Waals surface area contributed by atoms with E-state index in [2.05, 4.69) is 17.6 Å². The Balaban J connectivity index is 0.00000200. The summed E-state index contributed by atoms with van der Waals surface area (Å²) in [5, 5.41) is 6.60. The molecule has 2 fully saturated rings. The van der Waals surface area contributed by atoms with Crippen molar-refractivity contribution in [3.8, 4) is 0 Å². The molecule has 0 aromatic heterocycles. The molecule has 0 aromatic carbocycles. The quantitative estimate of drug-likeness (QED) is 0.818. The summed E-state index contributed by atoms with van der Waals surface area (Å²) >= 11 is 0. The zero-order chi connectivity index (χ0) is 13.7. The molecule has 1 aliphatic carbocycles. The van der Waals surface area contributed by atoms with E-state index in [4.69, 9.17) is 4.74 Å². The molecular weight excluding hydrogens is 276 g/mol. The summed E-state index contributed by atoms with van der Waals surface area (Å²) in [7, 11) is 1.76. The highest BCUT2D eigenvalue weighted by atomic mass is 35.5. The van der Waals surface area contributed by atoms with Gasteiger partial charge in [0.1, 0.15) is 0 Å². The maximum Gasteiger partial charge on any atom is 0.220 e. The van der Waals surface area contributed by atoms with Crippen molar-refractivity contribution in [2.45, 2.75) is 57.6 Å². The van der Waals surface area contributed by atoms with Crippen LogP contribution in [0, 0.1) is 11.8 Å². The van der Waals surface area contributed by atoms with Crippen molar-refractivity contribution in [3.05, 3.63) is 0 Å². The summed E-state index contributed by atoms with van der Waals surface area (Å²) in [5.41, 5.74) is 0. The Morgan fingerprint density at radius 3 is 2.80 bits per heavy atom. The number of hydrogen-bond donors (Lipinski definition) is 2. The van der Waals surface area contributed by atoms with Crippen LogP contribution in [-0.4, -0.2) is 38.3 Å². The maximum atomic E-state index is 12.1. The lowest BCUT2D eigenvalue weighted by Gasteiger charge is -2.28. The Bertz CT molecular complexity index is 296. The van der Waals surface area contributed by atoms with E-state index in [0.717, 1.165) is 32.4 Å². The average Bonchev–Trinajstić information content (AvgIpc) is 2.87. The van der Waals surface area contributed by atoms with Gasteiger partial charge in [-0.3, -0.25) is 4.79 Å². The number of hydrogen-bond acceptors (Lipinski definition) is 3. The van der Waals surface area contributed by atoms with Gasteiger partial charge in [0.05, 0.1) is 6.10 Å². The molecule has 0 aromatic rings. The first-order valence-electron chi connectivity index (χ1n) is 7.72. The Labute approximate surface area is 128 Å². The number of carbonyl (C=O) groups excluding carboxylic acids is 1. The van der Waals surface area contributed by atoms with Crippen molar-refractivity contribution in [1.29, 1.82) is 0 Å². The summed E-state index contributed by atoms with van der Waals surface area (Å²) in [6, 6.07) is 0.328. The van der Waals surface area contributed by atoms with Crippen molar-refractivity contribution in [3.63, 3.8) is 0 Å². The molecule has 0 spiro atoms. The number of piperidine rings is 1. The molecule has 1 saturated carbocycles. The van der Waals surface area contributed by atoms with E-state index < -0.39 is 0 Å². The van der Waals surface area contributed by atoms with Gasteiger partial charge in [0.2, 0.25) is 5.91 Å². The van der Waals surface area contributed by atoms with Gasteiger partial charge in [-0.15, -0.1) is 12.4 Å². The van der Waals surface area contributed by atoms with E-state index in [9.17, 15) is 4.79 Å². The smallest absolute Gasteiger partial charge is 0.220 e. The van der Waals surface area contributed by atoms with Gasteiger partial charge in [0.25, 0.3) is 0 Å². The maximum absolute atomic E-state index is 12.1. The fourth-order valence-corrected chi connectivity index (χ4v) is 3.40. The summed E-state index contributed by atoms with van der Waals surface area (Å²) in [6.45, 7) is 4.42. The molecule has 1 saturated heterocycles. The Morgan fingerprint density at radius 1 is 1.40 bits per heavy atom. The van der Waals surface area contributed by atoms with Crippen LogP contribution in [0.4, 0.5) is 0 Å². The molecule has 2 N–H and O–H groups in total. The van der Waals surface area contributed by atoms with Gasteiger partial charge in [-0.2, -0.15) is 0 Å². The van der Waals surface area contributed by atoms with Crippen LogP contribution in [0.2, 0.25) is 0 Å². The molecule has 5 heteroatoms. The molecule has 2 aliphatic rings. The Hall–Kier alpha value is -0.320. The van der Waals surface area contributed by atoms with Gasteiger partial charge in [-0.1, -0.05) is 6.92 Å². The second-order valence-corrected chi connectivity index (χ2v) is 6.22. The first-order chi connectivity index (χ1) is 9.19. The van der Waals surface area contributed by atoms with Crippen LogP contribution in [0.1, 0.15) is 45.4 Å². The van der Waals surface area contributed by atoms with Crippen LogP contribution >= 0.6 is 12.4 Å². The van der Waals surface area contributed by atoms with Gasteiger partial charge in [-0.05, 0) is 57.0 Å². The van der Waals surface area contributed by atoms with Crippen LogP contribution in [0.5, 0.6) is 0 Å². The summed E-state index contributed by atoms with van der Waals surface area (Å²) in [6.07, 6.45) is 6.62. The predicted octanol–water partition coefficient (Wildman–Crippen LogP) is 2.12. The lowest BCUT2D eigenvalue weighted by molar-refractivity contribution is -0.123. The van der Waals surface area contributed by atoms with E-state index in [1.165, 1.54) is 12.8 Å².